The van der Waals surface area contributed by atoms with E-state index in [0.29, 0.717) is 11.9 Å². The first kappa shape index (κ1) is 17.2. The zero-order valence-electron chi connectivity index (χ0n) is 13.4. The van der Waals surface area contributed by atoms with Crippen molar-refractivity contribution in [2.45, 2.75) is 9.79 Å². The molecule has 0 fully saturated rings. The van der Waals surface area contributed by atoms with Crippen molar-refractivity contribution in [1.82, 2.24) is 5.59 Å². The molecule has 0 saturated heterocycles. The van der Waals surface area contributed by atoms with Crippen LogP contribution in [0.25, 0.3) is 10.8 Å². The Balaban J connectivity index is 1.71. The zero-order valence-corrected chi connectivity index (χ0v) is 14.2. The van der Waals surface area contributed by atoms with Crippen molar-refractivity contribution in [1.29, 1.82) is 0 Å². The minimum Gasteiger partial charge on any atom is -0.391 e. The third-order valence-electron chi connectivity index (χ3n) is 3.37. The van der Waals surface area contributed by atoms with Gasteiger partial charge >= 0.3 is 6.08 Å². The van der Waals surface area contributed by atoms with Crippen LogP contribution in [0.3, 0.4) is 0 Å². The number of hydrogen-bond acceptors (Lipinski definition) is 4. The van der Waals surface area contributed by atoms with Gasteiger partial charge in [0.1, 0.15) is 7.05 Å². The van der Waals surface area contributed by atoms with Gasteiger partial charge in [-0.3, -0.25) is 5.43 Å². The first-order valence-electron chi connectivity index (χ1n) is 7.45. The van der Waals surface area contributed by atoms with Gasteiger partial charge in [-0.1, -0.05) is 35.6 Å². The summed E-state index contributed by atoms with van der Waals surface area (Å²) in [5.41, 5.74) is 5.58. The third kappa shape index (κ3) is 4.68. The van der Waals surface area contributed by atoms with E-state index in [-0.39, 0.29) is 0 Å². The van der Waals surface area contributed by atoms with Gasteiger partial charge in [-0.15, -0.1) is 0 Å². The van der Waals surface area contributed by atoms with E-state index in [1.54, 1.807) is 11.8 Å². The number of anilines is 1. The van der Waals surface area contributed by atoms with Crippen molar-refractivity contribution in [2.75, 3.05) is 5.43 Å². The molecule has 3 aromatic rings. The van der Waals surface area contributed by atoms with E-state index in [0.717, 1.165) is 9.79 Å². The number of benzene rings is 2. The Kier molecular flexibility index (Phi) is 5.47. The molecule has 0 spiro atoms. The lowest BCUT2D eigenvalue weighted by Crippen LogP contribution is -2.26. The number of nitrogens with one attached hydrogen (secondary N) is 2. The topological polar surface area (TPSA) is 37.2 Å². The van der Waals surface area contributed by atoms with E-state index in [1.165, 1.54) is 10.8 Å². The summed E-state index contributed by atoms with van der Waals surface area (Å²) < 4.78 is 25.7. The number of rotatable bonds is 6. The van der Waals surface area contributed by atoms with Crippen LogP contribution in [-0.2, 0) is 11.9 Å². The van der Waals surface area contributed by atoms with Gasteiger partial charge < -0.3 is 4.84 Å². The van der Waals surface area contributed by atoms with Gasteiger partial charge in [-0.25, -0.2) is 4.57 Å². The van der Waals surface area contributed by atoms with Crippen molar-refractivity contribution >= 4 is 28.2 Å². The van der Waals surface area contributed by atoms with Crippen LogP contribution in [0.4, 0.5) is 14.5 Å². The van der Waals surface area contributed by atoms with Crippen LogP contribution < -0.4 is 15.6 Å². The number of hydrazine groups is 1. The Labute approximate surface area is 148 Å². The summed E-state index contributed by atoms with van der Waals surface area (Å²) in [4.78, 5) is 6.63. The molecule has 25 heavy (non-hydrogen) atoms. The number of fused-ring (bicyclic) bond motifs is 1. The molecule has 0 aliphatic carbocycles. The predicted molar refractivity (Wildman–Crippen MR) is 93.8 cm³/mol. The van der Waals surface area contributed by atoms with Gasteiger partial charge in [0.2, 0.25) is 0 Å². The zero-order chi connectivity index (χ0) is 17.6. The molecule has 0 atom stereocenters. The van der Waals surface area contributed by atoms with E-state index < -0.39 is 6.08 Å². The molecule has 1 heterocycles. The second kappa shape index (κ2) is 7.96. The summed E-state index contributed by atoms with van der Waals surface area (Å²) >= 11 is 1.66. The van der Waals surface area contributed by atoms with Gasteiger partial charge in [-0.2, -0.15) is 8.78 Å². The van der Waals surface area contributed by atoms with E-state index in [2.05, 4.69) is 40.4 Å². The molecule has 7 heteroatoms. The number of aryl methyl sites for hydroxylation is 1. The van der Waals surface area contributed by atoms with Crippen LogP contribution in [0, 0.1) is 0 Å². The Hall–Kier alpha value is -2.64. The summed E-state index contributed by atoms with van der Waals surface area (Å²) in [5, 5.41) is 2.38. The normalized spacial score (nSPS) is 10.5. The molecule has 1 aromatic heterocycles. The van der Waals surface area contributed by atoms with Crippen molar-refractivity contribution in [3.05, 3.63) is 73.3 Å². The quantitative estimate of drug-likeness (QED) is 0.296. The van der Waals surface area contributed by atoms with Crippen molar-refractivity contribution in [2.24, 2.45) is 7.05 Å². The van der Waals surface area contributed by atoms with Crippen LogP contribution in [0.2, 0.25) is 0 Å². The van der Waals surface area contributed by atoms with Crippen LogP contribution in [0.5, 0.6) is 0 Å². The van der Waals surface area contributed by atoms with Crippen LogP contribution in [0.15, 0.2) is 83.1 Å². The molecule has 0 amide bonds. The van der Waals surface area contributed by atoms with Gasteiger partial charge in [0.05, 0.1) is 10.6 Å². The molecule has 0 bridgehead atoms. The lowest BCUT2D eigenvalue weighted by molar-refractivity contribution is -0.671. The maximum atomic E-state index is 11.8. The van der Waals surface area contributed by atoms with Crippen LogP contribution >= 0.6 is 11.8 Å². The Morgan fingerprint density at radius 2 is 1.84 bits per heavy atom. The maximum absolute atomic E-state index is 11.8. The van der Waals surface area contributed by atoms with E-state index >= 15 is 0 Å². The predicted octanol–water partition coefficient (Wildman–Crippen LogP) is 4.40. The molecule has 0 aliphatic rings. The maximum Gasteiger partial charge on any atom is 0.307 e. The monoisotopic (exact) mass is 360 g/mol. The van der Waals surface area contributed by atoms with Gasteiger partial charge in [0.25, 0.3) is 0 Å². The standard InChI is InChI=1S/C18H16F2N3OS/c1-23-10-13-4-2-3-5-16(13)17(11-23)25-15-8-6-14(7-9-15)21-22-24-12-18(19)20/h2-12,21-22H,1H3/q+1. The molecule has 2 N–H and O–H groups in total. The van der Waals surface area contributed by atoms with E-state index in [1.807, 2.05) is 48.0 Å². The van der Waals surface area contributed by atoms with Crippen molar-refractivity contribution in [3.63, 3.8) is 0 Å². The average Bonchev–Trinajstić information content (AvgIpc) is 2.60. The third-order valence-corrected chi connectivity index (χ3v) is 4.43. The molecule has 0 unspecified atom stereocenters. The highest BCUT2D eigenvalue weighted by molar-refractivity contribution is 7.99. The smallest absolute Gasteiger partial charge is 0.307 e. The number of pyridine rings is 1. The highest BCUT2D eigenvalue weighted by atomic mass is 32.2. The Bertz CT molecular complexity index is 896. The number of nitrogens with zero attached hydrogens (tertiary/aromatic N) is 1. The number of hydrogen-bond donors (Lipinski definition) is 2. The lowest BCUT2D eigenvalue weighted by atomic mass is 10.2. The molecule has 0 aliphatic heterocycles. The van der Waals surface area contributed by atoms with Crippen LogP contribution in [-0.4, -0.2) is 0 Å². The molecular weight excluding hydrogens is 344 g/mol. The summed E-state index contributed by atoms with van der Waals surface area (Å²) in [6, 6.07) is 15.8. The summed E-state index contributed by atoms with van der Waals surface area (Å²) in [5.74, 6) is 0. The fraction of sp³-hybridized carbons (Fsp3) is 0.0556. The second-order valence-electron chi connectivity index (χ2n) is 5.25. The van der Waals surface area contributed by atoms with Crippen LogP contribution in [0.1, 0.15) is 0 Å². The molecule has 0 saturated carbocycles. The largest absolute Gasteiger partial charge is 0.391 e. The Morgan fingerprint density at radius 1 is 1.08 bits per heavy atom. The highest BCUT2D eigenvalue weighted by Gasteiger charge is 2.09. The fourth-order valence-corrected chi connectivity index (χ4v) is 3.36. The second-order valence-corrected chi connectivity index (χ2v) is 6.37. The minimum atomic E-state index is -1.91. The molecule has 2 aromatic carbocycles. The van der Waals surface area contributed by atoms with Gasteiger partial charge in [-0.05, 0) is 30.3 Å². The summed E-state index contributed by atoms with van der Waals surface area (Å²) in [6.45, 7) is 0. The van der Waals surface area contributed by atoms with E-state index in [4.69, 9.17) is 0 Å². The first-order chi connectivity index (χ1) is 12.1. The van der Waals surface area contributed by atoms with Crippen molar-refractivity contribution in [3.8, 4) is 0 Å². The van der Waals surface area contributed by atoms with Gasteiger partial charge in [0.15, 0.2) is 18.7 Å². The average molecular weight is 360 g/mol. The number of aromatic nitrogens is 1. The summed E-state index contributed by atoms with van der Waals surface area (Å²) in [6.07, 6.45) is 2.58. The first-order valence-corrected chi connectivity index (χ1v) is 8.27. The SMILES string of the molecule is C[n+]1cc(Sc2ccc(NNOC=C(F)F)cc2)c2ccccc2c1. The molecule has 0 radical (unpaired) electrons. The number of halogens is 2. The summed E-state index contributed by atoms with van der Waals surface area (Å²) in [7, 11) is 2.00. The van der Waals surface area contributed by atoms with Gasteiger partial charge in [0, 0.05) is 15.7 Å². The molecule has 128 valence electrons. The minimum absolute atomic E-state index is 0.317. The highest BCUT2D eigenvalue weighted by Crippen LogP contribution is 2.32. The lowest BCUT2D eigenvalue weighted by Gasteiger charge is -2.08. The Morgan fingerprint density at radius 3 is 2.60 bits per heavy atom. The molecule has 4 nitrogen and oxygen atoms in total. The molecular formula is C18H16F2N3OS+. The van der Waals surface area contributed by atoms with Crippen molar-refractivity contribution < 1.29 is 18.2 Å². The fourth-order valence-electron chi connectivity index (χ4n) is 2.32. The molecule has 3 rings (SSSR count). The van der Waals surface area contributed by atoms with E-state index in [9.17, 15) is 8.78 Å².